The molecule has 5 nitrogen and oxygen atoms in total. The topological polar surface area (TPSA) is 64.4 Å². The summed E-state index contributed by atoms with van der Waals surface area (Å²) in [6.45, 7) is 4.06. The van der Waals surface area contributed by atoms with E-state index in [9.17, 15) is 10.1 Å². The number of non-ortho nitro benzene ring substituents is 1. The highest BCUT2D eigenvalue weighted by atomic mass is 16.6. The van der Waals surface area contributed by atoms with Crippen LogP contribution in [0.3, 0.4) is 0 Å². The third-order valence-corrected chi connectivity index (χ3v) is 2.05. The summed E-state index contributed by atoms with van der Waals surface area (Å²) in [4.78, 5) is 10.3. The molecular weight excluding hydrogens is 220 g/mol. The molecule has 1 aromatic rings. The Morgan fingerprint density at radius 1 is 1.59 bits per heavy atom. The molecule has 0 radical (unpaired) electrons. The van der Waals surface area contributed by atoms with Crippen LogP contribution in [-0.2, 0) is 0 Å². The van der Waals surface area contributed by atoms with Gasteiger partial charge < -0.3 is 10.1 Å². The number of ether oxygens (including phenoxy) is 1. The number of anilines is 1. The lowest BCUT2D eigenvalue weighted by Gasteiger charge is -2.11. The number of nitrogens with one attached hydrogen (secondary N) is 1. The first-order valence-corrected chi connectivity index (χ1v) is 5.21. The molecule has 1 rings (SSSR count). The predicted octanol–water partition coefficient (Wildman–Crippen LogP) is 2.43. The molecule has 1 atom stereocenters. The van der Waals surface area contributed by atoms with E-state index in [-0.39, 0.29) is 11.7 Å². The molecule has 0 fully saturated rings. The lowest BCUT2D eigenvalue weighted by Crippen LogP contribution is -2.12. The fourth-order valence-electron chi connectivity index (χ4n) is 1.31. The predicted molar refractivity (Wildman–Crippen MR) is 66.2 cm³/mol. The normalized spacial score (nSPS) is 11.4. The molecule has 0 saturated heterocycles. The molecule has 0 saturated carbocycles. The highest BCUT2D eigenvalue weighted by Crippen LogP contribution is 2.26. The molecule has 0 amide bonds. The van der Waals surface area contributed by atoms with E-state index < -0.39 is 4.92 Å². The first-order valence-electron chi connectivity index (χ1n) is 5.21. The number of rotatable bonds is 5. The molecule has 0 aliphatic rings. The quantitative estimate of drug-likeness (QED) is 0.482. The highest BCUT2D eigenvalue weighted by Gasteiger charge is 2.11. The summed E-state index contributed by atoms with van der Waals surface area (Å²) in [5, 5.41) is 13.7. The van der Waals surface area contributed by atoms with Gasteiger partial charge in [-0.1, -0.05) is 5.92 Å². The van der Waals surface area contributed by atoms with Gasteiger partial charge in [0.2, 0.25) is 0 Å². The van der Waals surface area contributed by atoms with Crippen LogP contribution in [0.2, 0.25) is 0 Å². The molecule has 0 aliphatic heterocycles. The Kier molecular flexibility index (Phi) is 4.35. The largest absolute Gasteiger partial charge is 0.494 e. The van der Waals surface area contributed by atoms with Crippen molar-refractivity contribution in [2.24, 2.45) is 0 Å². The second kappa shape index (κ2) is 5.75. The van der Waals surface area contributed by atoms with Crippen LogP contribution in [0.25, 0.3) is 0 Å². The van der Waals surface area contributed by atoms with Crippen LogP contribution in [-0.4, -0.2) is 17.6 Å². The van der Waals surface area contributed by atoms with Crippen LogP contribution < -0.4 is 10.1 Å². The monoisotopic (exact) mass is 234 g/mol. The van der Waals surface area contributed by atoms with Crippen LogP contribution >= 0.6 is 0 Å². The minimum absolute atomic E-state index is 0.0253. The Morgan fingerprint density at radius 3 is 2.82 bits per heavy atom. The number of nitro benzene ring substituents is 1. The van der Waals surface area contributed by atoms with E-state index in [1.165, 1.54) is 12.1 Å². The van der Waals surface area contributed by atoms with Crippen molar-refractivity contribution in [1.29, 1.82) is 0 Å². The summed E-state index contributed by atoms with van der Waals surface area (Å²) in [6, 6.07) is 4.29. The van der Waals surface area contributed by atoms with Crippen molar-refractivity contribution in [3.63, 3.8) is 0 Å². The summed E-state index contributed by atoms with van der Waals surface area (Å²) in [6.07, 6.45) is 5.24. The Bertz CT molecular complexity index is 452. The van der Waals surface area contributed by atoms with Crippen LogP contribution in [0.15, 0.2) is 18.2 Å². The van der Waals surface area contributed by atoms with Crippen LogP contribution in [0, 0.1) is 22.5 Å². The fraction of sp³-hybridized carbons (Fsp3) is 0.333. The molecule has 0 aliphatic carbocycles. The Hall–Kier alpha value is -2.22. The number of nitro groups is 1. The number of benzene rings is 1. The van der Waals surface area contributed by atoms with Gasteiger partial charge in [0, 0.05) is 17.8 Å². The zero-order chi connectivity index (χ0) is 12.8. The maximum atomic E-state index is 10.7. The van der Waals surface area contributed by atoms with Crippen LogP contribution in [0.5, 0.6) is 5.75 Å². The Labute approximate surface area is 99.9 Å². The van der Waals surface area contributed by atoms with Gasteiger partial charge in [-0.05, 0) is 13.8 Å². The minimum atomic E-state index is -0.464. The summed E-state index contributed by atoms with van der Waals surface area (Å²) in [5.41, 5.74) is 0.552. The van der Waals surface area contributed by atoms with Gasteiger partial charge >= 0.3 is 0 Å². The number of hydrogen-bond donors (Lipinski definition) is 1. The number of hydrogen-bond acceptors (Lipinski definition) is 4. The molecule has 90 valence electrons. The van der Waals surface area contributed by atoms with Gasteiger partial charge in [0.15, 0.2) is 0 Å². The SMILES string of the molecule is C#CC(C)Nc1cc(OCC)cc([N+](=O)[O-])c1. The van der Waals surface area contributed by atoms with Gasteiger partial charge in [0.1, 0.15) is 5.75 Å². The van der Waals surface area contributed by atoms with Gasteiger partial charge in [0.05, 0.1) is 23.6 Å². The average molecular weight is 234 g/mol. The number of nitrogens with zero attached hydrogens (tertiary/aromatic N) is 1. The molecule has 0 spiro atoms. The Balaban J connectivity index is 3.04. The van der Waals surface area contributed by atoms with Crippen LogP contribution in [0.4, 0.5) is 11.4 Å². The standard InChI is InChI=1S/C12H14N2O3/c1-4-9(3)13-10-6-11(14(15)16)8-12(7-10)17-5-2/h1,6-9,13H,5H2,2-3H3. The van der Waals surface area contributed by atoms with E-state index in [1.54, 1.807) is 13.0 Å². The summed E-state index contributed by atoms with van der Waals surface area (Å²) in [5.74, 6) is 2.94. The lowest BCUT2D eigenvalue weighted by atomic mass is 10.2. The smallest absolute Gasteiger partial charge is 0.275 e. The van der Waals surface area contributed by atoms with E-state index in [2.05, 4.69) is 11.2 Å². The molecule has 0 heterocycles. The van der Waals surface area contributed by atoms with Gasteiger partial charge in [0.25, 0.3) is 5.69 Å². The highest BCUT2D eigenvalue weighted by molar-refractivity contribution is 5.57. The summed E-state index contributed by atoms with van der Waals surface area (Å²) < 4.78 is 5.26. The second-order valence-corrected chi connectivity index (χ2v) is 3.44. The molecular formula is C12H14N2O3. The third-order valence-electron chi connectivity index (χ3n) is 2.05. The number of terminal acetylenes is 1. The summed E-state index contributed by atoms with van der Waals surface area (Å²) >= 11 is 0. The summed E-state index contributed by atoms with van der Waals surface area (Å²) in [7, 11) is 0. The zero-order valence-corrected chi connectivity index (χ0v) is 9.77. The van der Waals surface area contributed by atoms with E-state index in [0.717, 1.165) is 0 Å². The van der Waals surface area contributed by atoms with Crippen molar-refractivity contribution in [2.75, 3.05) is 11.9 Å². The maximum Gasteiger partial charge on any atom is 0.275 e. The van der Waals surface area contributed by atoms with E-state index in [1.807, 2.05) is 6.92 Å². The first kappa shape index (κ1) is 12.8. The van der Waals surface area contributed by atoms with Crippen molar-refractivity contribution in [3.05, 3.63) is 28.3 Å². The van der Waals surface area contributed by atoms with Crippen molar-refractivity contribution >= 4 is 11.4 Å². The molecule has 0 aromatic heterocycles. The molecule has 17 heavy (non-hydrogen) atoms. The van der Waals surface area contributed by atoms with E-state index in [0.29, 0.717) is 18.0 Å². The van der Waals surface area contributed by atoms with Gasteiger partial charge in [-0.25, -0.2) is 0 Å². The molecule has 5 heteroatoms. The van der Waals surface area contributed by atoms with E-state index >= 15 is 0 Å². The Morgan fingerprint density at radius 2 is 2.29 bits per heavy atom. The van der Waals surface area contributed by atoms with Crippen molar-refractivity contribution in [3.8, 4) is 18.1 Å². The molecule has 0 bridgehead atoms. The first-order chi connectivity index (χ1) is 8.06. The maximum absolute atomic E-state index is 10.7. The zero-order valence-electron chi connectivity index (χ0n) is 9.77. The van der Waals surface area contributed by atoms with Crippen molar-refractivity contribution < 1.29 is 9.66 Å². The molecule has 1 N–H and O–H groups in total. The lowest BCUT2D eigenvalue weighted by molar-refractivity contribution is -0.384. The van der Waals surface area contributed by atoms with Crippen LogP contribution in [0.1, 0.15) is 13.8 Å². The second-order valence-electron chi connectivity index (χ2n) is 3.44. The van der Waals surface area contributed by atoms with Crippen molar-refractivity contribution in [1.82, 2.24) is 0 Å². The molecule has 1 aromatic carbocycles. The fourth-order valence-corrected chi connectivity index (χ4v) is 1.31. The minimum Gasteiger partial charge on any atom is -0.494 e. The average Bonchev–Trinajstić information content (AvgIpc) is 2.29. The van der Waals surface area contributed by atoms with Crippen molar-refractivity contribution in [2.45, 2.75) is 19.9 Å². The molecule has 1 unspecified atom stereocenters. The van der Waals surface area contributed by atoms with E-state index in [4.69, 9.17) is 11.2 Å². The van der Waals surface area contributed by atoms with Gasteiger partial charge in [-0.3, -0.25) is 10.1 Å². The third kappa shape index (κ3) is 3.68. The van der Waals surface area contributed by atoms with Gasteiger partial charge in [-0.2, -0.15) is 0 Å². The van der Waals surface area contributed by atoms with Gasteiger partial charge in [-0.15, -0.1) is 6.42 Å².